The molecule has 29 heavy (non-hydrogen) atoms. The molecule has 0 aliphatic carbocycles. The zero-order valence-corrected chi connectivity index (χ0v) is 17.5. The number of nitrogens with zero attached hydrogens (tertiary/aromatic N) is 2. The number of likely N-dealkylation sites (N-methyl/N-ethyl adjacent to an activating group) is 1. The van der Waals surface area contributed by atoms with Gasteiger partial charge in [0.2, 0.25) is 0 Å². The van der Waals surface area contributed by atoms with E-state index < -0.39 is 5.82 Å². The van der Waals surface area contributed by atoms with E-state index in [4.69, 9.17) is 9.47 Å². The van der Waals surface area contributed by atoms with Crippen LogP contribution in [0.15, 0.2) is 48.5 Å². The molecule has 1 amide bonds. The van der Waals surface area contributed by atoms with Gasteiger partial charge >= 0.3 is 0 Å². The fraction of sp³-hybridized carbons (Fsp3) is 0.273. The van der Waals surface area contributed by atoms with Crippen LogP contribution in [0.5, 0.6) is 11.5 Å². The lowest BCUT2D eigenvalue weighted by Crippen LogP contribution is -2.30. The summed E-state index contributed by atoms with van der Waals surface area (Å²) in [4.78, 5) is 19.5. The lowest BCUT2D eigenvalue weighted by atomic mass is 10.2. The molecular weight excluding hydrogens is 391 g/mol. The molecule has 0 unspecified atom stereocenters. The van der Waals surface area contributed by atoms with Gasteiger partial charge in [-0.15, -0.1) is 11.3 Å². The Hall–Kier alpha value is -2.93. The Balaban J connectivity index is 1.63. The van der Waals surface area contributed by atoms with Crippen LogP contribution in [0.1, 0.15) is 22.3 Å². The molecule has 3 rings (SSSR count). The van der Waals surface area contributed by atoms with Gasteiger partial charge in [-0.2, -0.15) is 0 Å². The molecule has 0 N–H and O–H groups in total. The number of ether oxygens (including phenoxy) is 2. The van der Waals surface area contributed by atoms with Crippen LogP contribution >= 0.6 is 11.3 Å². The Labute approximate surface area is 173 Å². The van der Waals surface area contributed by atoms with E-state index in [9.17, 15) is 9.18 Å². The average molecular weight is 415 g/mol. The standard InChI is InChI=1S/C22H23FN2O3S/c1-4-27-17-11-9-16(10-12-17)21-24-15(2)20(29-21)22(26)25(3)13-14-28-19-8-6-5-7-18(19)23/h5-12H,4,13-14H2,1-3H3. The largest absolute Gasteiger partial charge is 0.494 e. The smallest absolute Gasteiger partial charge is 0.265 e. The zero-order valence-electron chi connectivity index (χ0n) is 16.6. The van der Waals surface area contributed by atoms with E-state index in [0.29, 0.717) is 23.7 Å². The molecule has 0 radical (unpaired) electrons. The topological polar surface area (TPSA) is 51.7 Å². The molecule has 0 bridgehead atoms. The molecule has 5 nitrogen and oxygen atoms in total. The number of aryl methyl sites for hydroxylation is 1. The second-order valence-electron chi connectivity index (χ2n) is 6.40. The molecule has 0 spiro atoms. The Bertz CT molecular complexity index is 972. The maximum absolute atomic E-state index is 13.6. The summed E-state index contributed by atoms with van der Waals surface area (Å²) in [6.07, 6.45) is 0. The van der Waals surface area contributed by atoms with Crippen molar-refractivity contribution in [3.8, 4) is 22.1 Å². The first-order valence-corrected chi connectivity index (χ1v) is 10.1. The first kappa shape index (κ1) is 20.8. The Morgan fingerprint density at radius 3 is 2.55 bits per heavy atom. The summed E-state index contributed by atoms with van der Waals surface area (Å²) >= 11 is 1.36. The number of benzene rings is 2. The van der Waals surface area contributed by atoms with E-state index >= 15 is 0 Å². The third-order valence-electron chi connectivity index (χ3n) is 4.27. The van der Waals surface area contributed by atoms with Crippen LogP contribution in [0.25, 0.3) is 10.6 Å². The van der Waals surface area contributed by atoms with Crippen molar-refractivity contribution in [1.82, 2.24) is 9.88 Å². The highest BCUT2D eigenvalue weighted by Crippen LogP contribution is 2.30. The summed E-state index contributed by atoms with van der Waals surface area (Å²) in [5, 5.41) is 0.782. The van der Waals surface area contributed by atoms with E-state index in [1.807, 2.05) is 38.1 Å². The van der Waals surface area contributed by atoms with E-state index in [2.05, 4.69) is 4.98 Å². The van der Waals surface area contributed by atoms with Crippen LogP contribution < -0.4 is 9.47 Å². The average Bonchev–Trinajstić information content (AvgIpc) is 3.11. The van der Waals surface area contributed by atoms with Gasteiger partial charge in [0, 0.05) is 12.6 Å². The van der Waals surface area contributed by atoms with E-state index in [-0.39, 0.29) is 18.3 Å². The predicted molar refractivity (Wildman–Crippen MR) is 112 cm³/mol. The van der Waals surface area contributed by atoms with Crippen LogP contribution in [0.4, 0.5) is 4.39 Å². The molecule has 0 aliphatic heterocycles. The molecular formula is C22H23FN2O3S. The monoisotopic (exact) mass is 414 g/mol. The molecule has 1 aromatic heterocycles. The molecule has 2 aromatic carbocycles. The Morgan fingerprint density at radius 1 is 1.14 bits per heavy atom. The minimum absolute atomic E-state index is 0.130. The van der Waals surface area contributed by atoms with Gasteiger partial charge in [-0.25, -0.2) is 9.37 Å². The van der Waals surface area contributed by atoms with E-state index in [1.54, 1.807) is 30.1 Å². The lowest BCUT2D eigenvalue weighted by molar-refractivity contribution is 0.0776. The number of para-hydroxylation sites is 1. The number of aromatic nitrogens is 1. The van der Waals surface area contributed by atoms with Crippen LogP contribution in [0, 0.1) is 12.7 Å². The van der Waals surface area contributed by atoms with Crippen LogP contribution in [0.2, 0.25) is 0 Å². The van der Waals surface area contributed by atoms with Gasteiger partial charge < -0.3 is 14.4 Å². The maximum atomic E-state index is 13.6. The minimum Gasteiger partial charge on any atom is -0.494 e. The highest BCUT2D eigenvalue weighted by molar-refractivity contribution is 7.17. The van der Waals surface area contributed by atoms with Gasteiger partial charge in [-0.05, 0) is 50.2 Å². The minimum atomic E-state index is -0.417. The van der Waals surface area contributed by atoms with Crippen molar-refractivity contribution < 1.29 is 18.7 Å². The summed E-state index contributed by atoms with van der Waals surface area (Å²) < 4.78 is 24.5. The SMILES string of the molecule is CCOc1ccc(-c2nc(C)c(C(=O)N(C)CCOc3ccccc3F)s2)cc1. The van der Waals surface area contributed by atoms with Crippen molar-refractivity contribution in [3.05, 3.63) is 64.9 Å². The number of hydrogen-bond acceptors (Lipinski definition) is 5. The number of hydrogen-bond donors (Lipinski definition) is 0. The van der Waals surface area contributed by atoms with Crippen LogP contribution in [-0.4, -0.2) is 42.6 Å². The Kier molecular flexibility index (Phi) is 6.82. The van der Waals surface area contributed by atoms with Gasteiger partial charge in [0.05, 0.1) is 18.8 Å². The maximum Gasteiger partial charge on any atom is 0.265 e. The predicted octanol–water partition coefficient (Wildman–Crippen LogP) is 4.81. The highest BCUT2D eigenvalue weighted by atomic mass is 32.1. The summed E-state index contributed by atoms with van der Waals surface area (Å²) in [7, 11) is 1.70. The second-order valence-corrected chi connectivity index (χ2v) is 7.40. The first-order chi connectivity index (χ1) is 14.0. The van der Waals surface area contributed by atoms with Gasteiger partial charge in [0.1, 0.15) is 22.2 Å². The molecule has 0 saturated carbocycles. The fourth-order valence-electron chi connectivity index (χ4n) is 2.71. The van der Waals surface area contributed by atoms with Crippen molar-refractivity contribution in [2.24, 2.45) is 0 Å². The molecule has 0 atom stereocenters. The van der Waals surface area contributed by atoms with Crippen molar-refractivity contribution in [1.29, 1.82) is 0 Å². The van der Waals surface area contributed by atoms with Crippen molar-refractivity contribution >= 4 is 17.2 Å². The summed E-state index contributed by atoms with van der Waals surface area (Å²) in [5.41, 5.74) is 1.62. The highest BCUT2D eigenvalue weighted by Gasteiger charge is 2.20. The molecule has 0 fully saturated rings. The third kappa shape index (κ3) is 5.12. The summed E-state index contributed by atoms with van der Waals surface area (Å²) in [5.74, 6) is 0.435. The molecule has 3 aromatic rings. The molecule has 152 valence electrons. The van der Waals surface area contributed by atoms with Gasteiger partial charge in [0.15, 0.2) is 11.6 Å². The lowest BCUT2D eigenvalue weighted by Gasteiger charge is -2.17. The number of carbonyl (C=O) groups excluding carboxylic acids is 1. The number of carbonyl (C=O) groups is 1. The number of rotatable bonds is 8. The second kappa shape index (κ2) is 9.52. The van der Waals surface area contributed by atoms with Gasteiger partial charge in [-0.1, -0.05) is 12.1 Å². The normalized spacial score (nSPS) is 10.6. The van der Waals surface area contributed by atoms with Crippen LogP contribution in [0.3, 0.4) is 0 Å². The van der Waals surface area contributed by atoms with Crippen molar-refractivity contribution in [2.45, 2.75) is 13.8 Å². The summed E-state index contributed by atoms with van der Waals surface area (Å²) in [6.45, 7) is 4.91. The third-order valence-corrected chi connectivity index (χ3v) is 5.47. The van der Waals surface area contributed by atoms with Crippen molar-refractivity contribution in [3.63, 3.8) is 0 Å². The van der Waals surface area contributed by atoms with E-state index in [1.165, 1.54) is 17.4 Å². The molecule has 1 heterocycles. The molecule has 0 saturated heterocycles. The Morgan fingerprint density at radius 2 is 1.86 bits per heavy atom. The fourth-order valence-corrected chi connectivity index (χ4v) is 3.77. The van der Waals surface area contributed by atoms with E-state index in [0.717, 1.165) is 16.3 Å². The summed E-state index contributed by atoms with van der Waals surface area (Å²) in [6, 6.07) is 13.9. The molecule has 7 heteroatoms. The zero-order chi connectivity index (χ0) is 20.8. The van der Waals surface area contributed by atoms with Gasteiger partial charge in [-0.3, -0.25) is 4.79 Å². The number of thiazole rings is 1. The number of amides is 1. The van der Waals surface area contributed by atoms with Gasteiger partial charge in [0.25, 0.3) is 5.91 Å². The number of halogens is 1. The molecule has 0 aliphatic rings. The quantitative estimate of drug-likeness (QED) is 0.531. The first-order valence-electron chi connectivity index (χ1n) is 9.33. The van der Waals surface area contributed by atoms with Crippen molar-refractivity contribution in [2.75, 3.05) is 26.8 Å². The van der Waals surface area contributed by atoms with Crippen LogP contribution in [-0.2, 0) is 0 Å².